The fourth-order valence-corrected chi connectivity index (χ4v) is 3.03. The van der Waals surface area contributed by atoms with Crippen molar-refractivity contribution in [3.8, 4) is 11.5 Å². The maximum Gasteiger partial charge on any atom is 0.258 e. The molecule has 0 bridgehead atoms. The van der Waals surface area contributed by atoms with Gasteiger partial charge in [-0.1, -0.05) is 25.3 Å². The summed E-state index contributed by atoms with van der Waals surface area (Å²) in [5, 5.41) is 5.69. The molecule has 0 atom stereocenters. The molecule has 0 aromatic heterocycles. The first-order chi connectivity index (χ1) is 11.7. The summed E-state index contributed by atoms with van der Waals surface area (Å²) in [5.41, 5.74) is 0.362. The van der Waals surface area contributed by atoms with Gasteiger partial charge in [0.1, 0.15) is 17.1 Å². The second-order valence-corrected chi connectivity index (χ2v) is 5.92. The second kappa shape index (κ2) is 9.15. The van der Waals surface area contributed by atoms with Crippen LogP contribution in [0.25, 0.3) is 0 Å². The van der Waals surface area contributed by atoms with Crippen molar-refractivity contribution in [2.24, 2.45) is 5.92 Å². The standard InChI is InChI=1S/C18H26N2O4/c1-23-14-9-6-10-15(24-2)16(14)18(22)20-12-11-19-17(21)13-7-4-3-5-8-13/h6,9-10,13H,3-5,7-8,11-12H2,1-2H3,(H,19,21)(H,20,22). The molecule has 0 heterocycles. The van der Waals surface area contributed by atoms with E-state index in [1.54, 1.807) is 18.2 Å². The number of carbonyl (C=O) groups excluding carboxylic acids is 2. The highest BCUT2D eigenvalue weighted by Crippen LogP contribution is 2.27. The Morgan fingerprint density at radius 2 is 1.58 bits per heavy atom. The normalized spacial score (nSPS) is 14.8. The summed E-state index contributed by atoms with van der Waals surface area (Å²) in [7, 11) is 3.02. The van der Waals surface area contributed by atoms with Crippen molar-refractivity contribution in [2.75, 3.05) is 27.3 Å². The van der Waals surface area contributed by atoms with Crippen molar-refractivity contribution in [3.63, 3.8) is 0 Å². The van der Waals surface area contributed by atoms with Crippen LogP contribution in [0.2, 0.25) is 0 Å². The largest absolute Gasteiger partial charge is 0.496 e. The Bertz CT molecular complexity index is 546. The van der Waals surface area contributed by atoms with E-state index in [0.717, 1.165) is 25.7 Å². The molecule has 1 aromatic carbocycles. The molecule has 2 rings (SSSR count). The van der Waals surface area contributed by atoms with Crippen LogP contribution in [-0.4, -0.2) is 39.1 Å². The molecule has 1 fully saturated rings. The molecule has 0 spiro atoms. The number of rotatable bonds is 7. The van der Waals surface area contributed by atoms with Crippen LogP contribution in [0, 0.1) is 5.92 Å². The zero-order chi connectivity index (χ0) is 17.4. The van der Waals surface area contributed by atoms with Crippen LogP contribution in [0.3, 0.4) is 0 Å². The van der Waals surface area contributed by atoms with Crippen molar-refractivity contribution in [1.29, 1.82) is 0 Å². The van der Waals surface area contributed by atoms with E-state index in [4.69, 9.17) is 9.47 Å². The zero-order valence-corrected chi connectivity index (χ0v) is 14.4. The van der Waals surface area contributed by atoms with Gasteiger partial charge in [-0.2, -0.15) is 0 Å². The molecule has 1 aliphatic carbocycles. The van der Waals surface area contributed by atoms with Crippen LogP contribution in [0.15, 0.2) is 18.2 Å². The first-order valence-electron chi connectivity index (χ1n) is 8.44. The molecule has 132 valence electrons. The van der Waals surface area contributed by atoms with E-state index >= 15 is 0 Å². The number of benzene rings is 1. The molecule has 0 radical (unpaired) electrons. The van der Waals surface area contributed by atoms with Gasteiger partial charge in [0, 0.05) is 19.0 Å². The Kier molecular flexibility index (Phi) is 6.90. The molecule has 0 aliphatic heterocycles. The van der Waals surface area contributed by atoms with Crippen LogP contribution >= 0.6 is 0 Å². The van der Waals surface area contributed by atoms with Gasteiger partial charge in [-0.05, 0) is 25.0 Å². The van der Waals surface area contributed by atoms with Crippen LogP contribution in [-0.2, 0) is 4.79 Å². The molecule has 6 nitrogen and oxygen atoms in total. The highest BCUT2D eigenvalue weighted by atomic mass is 16.5. The maximum atomic E-state index is 12.4. The van der Waals surface area contributed by atoms with Gasteiger partial charge < -0.3 is 20.1 Å². The minimum Gasteiger partial charge on any atom is -0.496 e. The van der Waals surface area contributed by atoms with E-state index in [9.17, 15) is 9.59 Å². The zero-order valence-electron chi connectivity index (χ0n) is 14.4. The summed E-state index contributed by atoms with van der Waals surface area (Å²) in [6.07, 6.45) is 5.42. The predicted molar refractivity (Wildman–Crippen MR) is 91.5 cm³/mol. The monoisotopic (exact) mass is 334 g/mol. The van der Waals surface area contributed by atoms with Gasteiger partial charge in [0.15, 0.2) is 0 Å². The Labute approximate surface area is 142 Å². The van der Waals surface area contributed by atoms with E-state index in [-0.39, 0.29) is 17.7 Å². The van der Waals surface area contributed by atoms with Crippen LogP contribution in [0.4, 0.5) is 0 Å². The van der Waals surface area contributed by atoms with E-state index in [1.165, 1.54) is 20.6 Å². The molecule has 0 saturated heterocycles. The summed E-state index contributed by atoms with van der Waals surface area (Å²) < 4.78 is 10.4. The SMILES string of the molecule is COc1cccc(OC)c1C(=O)NCCNC(=O)C1CCCCC1. The van der Waals surface area contributed by atoms with E-state index < -0.39 is 0 Å². The molecular weight excluding hydrogens is 308 g/mol. The lowest BCUT2D eigenvalue weighted by Gasteiger charge is -2.20. The molecule has 2 N–H and O–H groups in total. The topological polar surface area (TPSA) is 76.7 Å². The molecule has 2 amide bonds. The minimum atomic E-state index is -0.281. The quantitative estimate of drug-likeness (QED) is 0.749. The molecular formula is C18H26N2O4. The highest BCUT2D eigenvalue weighted by molar-refractivity contribution is 5.99. The van der Waals surface area contributed by atoms with E-state index in [0.29, 0.717) is 30.2 Å². The first kappa shape index (κ1) is 18.1. The second-order valence-electron chi connectivity index (χ2n) is 5.92. The first-order valence-corrected chi connectivity index (χ1v) is 8.44. The van der Waals surface area contributed by atoms with Crippen molar-refractivity contribution < 1.29 is 19.1 Å². The molecule has 1 saturated carbocycles. The van der Waals surface area contributed by atoms with Crippen LogP contribution in [0.1, 0.15) is 42.5 Å². The van der Waals surface area contributed by atoms with Crippen molar-refractivity contribution in [1.82, 2.24) is 10.6 Å². The van der Waals surface area contributed by atoms with Gasteiger partial charge in [-0.25, -0.2) is 0 Å². The van der Waals surface area contributed by atoms with Gasteiger partial charge >= 0.3 is 0 Å². The summed E-state index contributed by atoms with van der Waals surface area (Å²) in [6.45, 7) is 0.775. The number of nitrogens with one attached hydrogen (secondary N) is 2. The summed E-state index contributed by atoms with van der Waals surface area (Å²) in [5.74, 6) is 0.856. The Morgan fingerprint density at radius 3 is 2.17 bits per heavy atom. The lowest BCUT2D eigenvalue weighted by molar-refractivity contribution is -0.125. The number of carbonyl (C=O) groups is 2. The maximum absolute atomic E-state index is 12.4. The minimum absolute atomic E-state index is 0.0961. The third-order valence-corrected chi connectivity index (χ3v) is 4.34. The Morgan fingerprint density at radius 1 is 1.00 bits per heavy atom. The van der Waals surface area contributed by atoms with Gasteiger partial charge in [0.05, 0.1) is 14.2 Å². The predicted octanol–water partition coefficient (Wildman–Crippen LogP) is 2.13. The Balaban J connectivity index is 1.82. The average Bonchev–Trinajstić information content (AvgIpc) is 2.64. The van der Waals surface area contributed by atoms with Gasteiger partial charge in [-0.3, -0.25) is 9.59 Å². The van der Waals surface area contributed by atoms with E-state index in [1.807, 2.05) is 0 Å². The summed E-state index contributed by atoms with van der Waals surface area (Å²) >= 11 is 0. The number of hydrogen-bond acceptors (Lipinski definition) is 4. The van der Waals surface area contributed by atoms with Crippen molar-refractivity contribution >= 4 is 11.8 Å². The highest BCUT2D eigenvalue weighted by Gasteiger charge is 2.21. The molecule has 6 heteroatoms. The van der Waals surface area contributed by atoms with E-state index in [2.05, 4.69) is 10.6 Å². The van der Waals surface area contributed by atoms with Gasteiger partial charge in [0.2, 0.25) is 5.91 Å². The molecule has 24 heavy (non-hydrogen) atoms. The molecule has 1 aromatic rings. The fourth-order valence-electron chi connectivity index (χ4n) is 3.03. The fraction of sp³-hybridized carbons (Fsp3) is 0.556. The summed E-state index contributed by atoms with van der Waals surface area (Å²) in [6, 6.07) is 5.18. The average molecular weight is 334 g/mol. The number of hydrogen-bond donors (Lipinski definition) is 2. The smallest absolute Gasteiger partial charge is 0.258 e. The lowest BCUT2D eigenvalue weighted by atomic mass is 9.89. The number of ether oxygens (including phenoxy) is 2. The lowest BCUT2D eigenvalue weighted by Crippen LogP contribution is -2.38. The molecule has 0 unspecified atom stereocenters. The number of methoxy groups -OCH3 is 2. The third kappa shape index (κ3) is 4.63. The van der Waals surface area contributed by atoms with Crippen molar-refractivity contribution in [3.05, 3.63) is 23.8 Å². The summed E-state index contributed by atoms with van der Waals surface area (Å²) in [4.78, 5) is 24.4. The van der Waals surface area contributed by atoms with Crippen LogP contribution < -0.4 is 20.1 Å². The number of amides is 2. The molecule has 1 aliphatic rings. The van der Waals surface area contributed by atoms with Gasteiger partial charge in [-0.15, -0.1) is 0 Å². The van der Waals surface area contributed by atoms with Gasteiger partial charge in [0.25, 0.3) is 5.91 Å². The third-order valence-electron chi connectivity index (χ3n) is 4.34. The van der Waals surface area contributed by atoms with Crippen LogP contribution in [0.5, 0.6) is 11.5 Å². The van der Waals surface area contributed by atoms with Crippen molar-refractivity contribution in [2.45, 2.75) is 32.1 Å². The Hall–Kier alpha value is -2.24.